The van der Waals surface area contributed by atoms with Gasteiger partial charge in [0.25, 0.3) is 5.91 Å². The average Bonchev–Trinajstić information content (AvgIpc) is 3.28. The molecule has 7 nitrogen and oxygen atoms in total. The number of aromatic nitrogens is 2. The third-order valence-electron chi connectivity index (χ3n) is 4.46. The second-order valence-electron chi connectivity index (χ2n) is 7.04. The van der Waals surface area contributed by atoms with E-state index in [4.69, 9.17) is 9.47 Å². The van der Waals surface area contributed by atoms with Crippen molar-refractivity contribution < 1.29 is 19.1 Å². The van der Waals surface area contributed by atoms with Crippen molar-refractivity contribution in [1.82, 2.24) is 15.1 Å². The molecule has 30 heavy (non-hydrogen) atoms. The predicted molar refractivity (Wildman–Crippen MR) is 113 cm³/mol. The van der Waals surface area contributed by atoms with Crippen LogP contribution in [0.2, 0.25) is 0 Å². The lowest BCUT2D eigenvalue weighted by atomic mass is 10.0. The summed E-state index contributed by atoms with van der Waals surface area (Å²) in [5.74, 6) is 0.0446. The molecule has 0 radical (unpaired) electrons. The molecule has 0 fully saturated rings. The number of nitrogens with zero attached hydrogens (tertiary/aromatic N) is 2. The first kappa shape index (κ1) is 21.1. The molecular formula is C23H25N3O4. The molecule has 3 aromatic rings. The minimum atomic E-state index is -0.527. The van der Waals surface area contributed by atoms with Crippen LogP contribution >= 0.6 is 0 Å². The fourth-order valence-electron chi connectivity index (χ4n) is 2.99. The first-order valence-corrected chi connectivity index (χ1v) is 9.70. The lowest BCUT2D eigenvalue weighted by Gasteiger charge is -2.20. The van der Waals surface area contributed by atoms with Gasteiger partial charge in [-0.05, 0) is 61.9 Å². The maximum atomic E-state index is 12.8. The number of nitrogens with one attached hydrogen (secondary N) is 1. The highest BCUT2D eigenvalue weighted by atomic mass is 16.5. The van der Waals surface area contributed by atoms with Gasteiger partial charge in [0.15, 0.2) is 0 Å². The highest BCUT2D eigenvalue weighted by Crippen LogP contribution is 2.22. The third kappa shape index (κ3) is 5.47. The fourth-order valence-corrected chi connectivity index (χ4v) is 2.99. The van der Waals surface area contributed by atoms with Crippen molar-refractivity contribution in [2.24, 2.45) is 0 Å². The Hall–Kier alpha value is -3.61. The fraction of sp³-hybridized carbons (Fsp3) is 0.261. The standard InChI is InChI=1S/C23H25N3O4/c1-16(2)30-22(27)15-21(17-7-11-20(29-3)12-8-17)25-23(28)18-5-9-19(10-6-18)26-14-4-13-24-26/h4-14,16,21H,15H2,1-3H3,(H,25,28). The van der Waals surface area contributed by atoms with Crippen molar-refractivity contribution in [3.63, 3.8) is 0 Å². The summed E-state index contributed by atoms with van der Waals surface area (Å²) in [6.45, 7) is 3.58. The third-order valence-corrected chi connectivity index (χ3v) is 4.46. The van der Waals surface area contributed by atoms with Crippen LogP contribution in [0.25, 0.3) is 5.69 Å². The Kier molecular flexibility index (Phi) is 6.85. The van der Waals surface area contributed by atoms with Crippen LogP contribution in [-0.2, 0) is 9.53 Å². The quantitative estimate of drug-likeness (QED) is 0.576. The number of ether oxygens (including phenoxy) is 2. The monoisotopic (exact) mass is 407 g/mol. The van der Waals surface area contributed by atoms with Crippen LogP contribution in [0.15, 0.2) is 67.0 Å². The molecule has 1 unspecified atom stereocenters. The molecule has 0 aliphatic carbocycles. The van der Waals surface area contributed by atoms with Crippen LogP contribution in [0.4, 0.5) is 0 Å². The van der Waals surface area contributed by atoms with Crippen molar-refractivity contribution in [2.75, 3.05) is 7.11 Å². The SMILES string of the molecule is COc1ccc(C(CC(=O)OC(C)C)NC(=O)c2ccc(-n3cccn3)cc2)cc1. The van der Waals surface area contributed by atoms with Gasteiger partial charge in [0.05, 0.1) is 31.4 Å². The summed E-state index contributed by atoms with van der Waals surface area (Å²) in [7, 11) is 1.58. The summed E-state index contributed by atoms with van der Waals surface area (Å²) >= 11 is 0. The summed E-state index contributed by atoms with van der Waals surface area (Å²) in [5.41, 5.74) is 2.13. The molecule has 1 heterocycles. The van der Waals surface area contributed by atoms with Crippen LogP contribution in [0.5, 0.6) is 5.75 Å². The molecule has 0 bridgehead atoms. The summed E-state index contributed by atoms with van der Waals surface area (Å²) in [6.07, 6.45) is 3.33. The number of hydrogen-bond donors (Lipinski definition) is 1. The van der Waals surface area contributed by atoms with E-state index in [1.54, 1.807) is 56.1 Å². The highest BCUT2D eigenvalue weighted by Gasteiger charge is 2.21. The van der Waals surface area contributed by atoms with Crippen LogP contribution in [0, 0.1) is 0 Å². The van der Waals surface area contributed by atoms with Gasteiger partial charge in [0.2, 0.25) is 0 Å². The van der Waals surface area contributed by atoms with Gasteiger partial charge in [-0.3, -0.25) is 9.59 Å². The number of methoxy groups -OCH3 is 1. The van der Waals surface area contributed by atoms with E-state index in [0.717, 1.165) is 11.3 Å². The summed E-state index contributed by atoms with van der Waals surface area (Å²) in [4.78, 5) is 25.1. The first-order chi connectivity index (χ1) is 14.5. The Bertz CT molecular complexity index is 965. The lowest BCUT2D eigenvalue weighted by Crippen LogP contribution is -2.31. The van der Waals surface area contributed by atoms with Gasteiger partial charge >= 0.3 is 5.97 Å². The topological polar surface area (TPSA) is 82.5 Å². The Labute approximate surface area is 175 Å². The molecule has 0 aliphatic heterocycles. The molecule has 0 saturated carbocycles. The molecule has 0 saturated heterocycles. The van der Waals surface area contributed by atoms with Gasteiger partial charge in [-0.25, -0.2) is 4.68 Å². The van der Waals surface area contributed by atoms with Crippen LogP contribution in [0.3, 0.4) is 0 Å². The summed E-state index contributed by atoms with van der Waals surface area (Å²) in [5, 5.41) is 7.12. The number of benzene rings is 2. The number of carbonyl (C=O) groups excluding carboxylic acids is 2. The van der Waals surface area contributed by atoms with Gasteiger partial charge < -0.3 is 14.8 Å². The largest absolute Gasteiger partial charge is 0.497 e. The van der Waals surface area contributed by atoms with Gasteiger partial charge in [-0.15, -0.1) is 0 Å². The van der Waals surface area contributed by atoms with Gasteiger partial charge in [-0.1, -0.05) is 12.1 Å². The Balaban J connectivity index is 1.76. The van der Waals surface area contributed by atoms with Gasteiger partial charge in [0.1, 0.15) is 5.75 Å². The molecule has 3 rings (SSSR count). The Morgan fingerprint density at radius 2 is 1.77 bits per heavy atom. The van der Waals surface area contributed by atoms with Crippen LogP contribution < -0.4 is 10.1 Å². The zero-order chi connectivity index (χ0) is 21.5. The molecule has 1 amide bonds. The Morgan fingerprint density at radius 3 is 2.33 bits per heavy atom. The molecular weight excluding hydrogens is 382 g/mol. The van der Waals surface area contributed by atoms with Crippen molar-refractivity contribution in [1.29, 1.82) is 0 Å². The average molecular weight is 407 g/mol. The van der Waals surface area contributed by atoms with E-state index in [2.05, 4.69) is 10.4 Å². The number of esters is 1. The number of hydrogen-bond acceptors (Lipinski definition) is 5. The number of amides is 1. The second kappa shape index (κ2) is 9.73. The molecule has 156 valence electrons. The van der Waals surface area contributed by atoms with E-state index in [9.17, 15) is 9.59 Å². The highest BCUT2D eigenvalue weighted by molar-refractivity contribution is 5.94. The van der Waals surface area contributed by atoms with Gasteiger partial charge in [-0.2, -0.15) is 5.10 Å². The number of rotatable bonds is 8. The van der Waals surface area contributed by atoms with E-state index >= 15 is 0 Å². The lowest BCUT2D eigenvalue weighted by molar-refractivity contribution is -0.147. The van der Waals surface area contributed by atoms with E-state index < -0.39 is 6.04 Å². The maximum Gasteiger partial charge on any atom is 0.308 e. The molecule has 1 N–H and O–H groups in total. The first-order valence-electron chi connectivity index (χ1n) is 9.70. The van der Waals surface area contributed by atoms with Crippen molar-refractivity contribution in [3.8, 4) is 11.4 Å². The van der Waals surface area contributed by atoms with Crippen LogP contribution in [0.1, 0.15) is 42.2 Å². The molecule has 1 atom stereocenters. The molecule has 0 aliphatic rings. The van der Waals surface area contributed by atoms with Crippen molar-refractivity contribution in [3.05, 3.63) is 78.1 Å². The van der Waals surface area contributed by atoms with E-state index in [-0.39, 0.29) is 24.4 Å². The maximum absolute atomic E-state index is 12.8. The van der Waals surface area contributed by atoms with E-state index in [1.807, 2.05) is 36.5 Å². The minimum absolute atomic E-state index is 0.0294. The zero-order valence-corrected chi connectivity index (χ0v) is 17.2. The minimum Gasteiger partial charge on any atom is -0.497 e. The number of carbonyl (C=O) groups is 2. The Morgan fingerprint density at radius 1 is 1.07 bits per heavy atom. The second-order valence-corrected chi connectivity index (χ2v) is 7.04. The van der Waals surface area contributed by atoms with Crippen LogP contribution in [-0.4, -0.2) is 34.9 Å². The molecule has 0 spiro atoms. The molecule has 1 aromatic heterocycles. The van der Waals surface area contributed by atoms with Crippen molar-refractivity contribution in [2.45, 2.75) is 32.4 Å². The normalized spacial score (nSPS) is 11.7. The van der Waals surface area contributed by atoms with E-state index in [0.29, 0.717) is 11.3 Å². The summed E-state index contributed by atoms with van der Waals surface area (Å²) in [6, 6.07) is 15.6. The zero-order valence-electron chi connectivity index (χ0n) is 17.2. The van der Waals surface area contributed by atoms with Crippen molar-refractivity contribution >= 4 is 11.9 Å². The predicted octanol–water partition coefficient (Wildman–Crippen LogP) is 3.69. The molecule has 7 heteroatoms. The smallest absolute Gasteiger partial charge is 0.308 e. The summed E-state index contributed by atoms with van der Waals surface area (Å²) < 4.78 is 12.2. The van der Waals surface area contributed by atoms with E-state index in [1.165, 1.54) is 0 Å². The molecule has 2 aromatic carbocycles. The van der Waals surface area contributed by atoms with Gasteiger partial charge in [0, 0.05) is 18.0 Å².